The molecule has 0 saturated heterocycles. The molecule has 0 spiro atoms. The maximum Gasteiger partial charge on any atom is 0.0609 e. The summed E-state index contributed by atoms with van der Waals surface area (Å²) < 4.78 is 2.31. The SMILES string of the molecule is Cc1ccc(-c2c(-c3ccccc3)c(C)cn2-c2ccccc2)cc1. The van der Waals surface area contributed by atoms with Gasteiger partial charge in [-0.3, -0.25) is 0 Å². The van der Waals surface area contributed by atoms with Gasteiger partial charge in [-0.05, 0) is 42.7 Å². The van der Waals surface area contributed by atoms with Crippen molar-refractivity contribution in [1.82, 2.24) is 4.57 Å². The quantitative estimate of drug-likeness (QED) is 0.409. The van der Waals surface area contributed by atoms with Crippen molar-refractivity contribution in [3.05, 3.63) is 102 Å². The van der Waals surface area contributed by atoms with E-state index in [2.05, 4.69) is 110 Å². The van der Waals surface area contributed by atoms with Crippen molar-refractivity contribution in [2.45, 2.75) is 13.8 Å². The van der Waals surface area contributed by atoms with E-state index in [4.69, 9.17) is 0 Å². The Balaban J connectivity index is 2.02. The molecule has 122 valence electrons. The van der Waals surface area contributed by atoms with Crippen LogP contribution in [-0.2, 0) is 0 Å². The number of nitrogens with zero attached hydrogens (tertiary/aromatic N) is 1. The van der Waals surface area contributed by atoms with E-state index in [1.807, 2.05) is 0 Å². The number of aryl methyl sites for hydroxylation is 2. The fourth-order valence-corrected chi connectivity index (χ4v) is 3.39. The van der Waals surface area contributed by atoms with Crippen molar-refractivity contribution in [2.75, 3.05) is 0 Å². The molecule has 0 aliphatic carbocycles. The van der Waals surface area contributed by atoms with Gasteiger partial charge in [0.1, 0.15) is 0 Å². The Morgan fingerprint density at radius 3 is 1.84 bits per heavy atom. The van der Waals surface area contributed by atoms with Gasteiger partial charge in [0.15, 0.2) is 0 Å². The van der Waals surface area contributed by atoms with E-state index in [1.54, 1.807) is 0 Å². The van der Waals surface area contributed by atoms with Crippen LogP contribution in [0, 0.1) is 13.8 Å². The monoisotopic (exact) mass is 323 g/mol. The standard InChI is InChI=1S/C24H21N/c1-18-13-15-21(16-14-18)24-23(20-9-5-3-6-10-20)19(2)17-25(24)22-11-7-4-8-12-22/h3-17H,1-2H3. The maximum atomic E-state index is 2.31. The zero-order valence-electron chi connectivity index (χ0n) is 14.6. The van der Waals surface area contributed by atoms with Gasteiger partial charge in [-0.2, -0.15) is 0 Å². The highest BCUT2D eigenvalue weighted by Gasteiger charge is 2.17. The second-order valence-corrected chi connectivity index (χ2v) is 6.47. The zero-order valence-corrected chi connectivity index (χ0v) is 14.6. The van der Waals surface area contributed by atoms with Gasteiger partial charge in [0, 0.05) is 17.4 Å². The summed E-state index contributed by atoms with van der Waals surface area (Å²) in [5, 5.41) is 0. The predicted octanol–water partition coefficient (Wildman–Crippen LogP) is 6.43. The van der Waals surface area contributed by atoms with E-state index in [0.29, 0.717) is 0 Å². The average molecular weight is 323 g/mol. The Morgan fingerprint density at radius 1 is 0.600 bits per heavy atom. The smallest absolute Gasteiger partial charge is 0.0609 e. The lowest BCUT2D eigenvalue weighted by atomic mass is 9.98. The van der Waals surface area contributed by atoms with E-state index >= 15 is 0 Å². The number of para-hydroxylation sites is 1. The molecule has 0 fully saturated rings. The molecule has 0 atom stereocenters. The second-order valence-electron chi connectivity index (χ2n) is 6.47. The van der Waals surface area contributed by atoms with Crippen LogP contribution in [0.15, 0.2) is 91.1 Å². The van der Waals surface area contributed by atoms with E-state index < -0.39 is 0 Å². The van der Waals surface area contributed by atoms with Gasteiger partial charge in [-0.1, -0.05) is 78.4 Å². The number of benzene rings is 3. The third kappa shape index (κ3) is 2.89. The summed E-state index contributed by atoms with van der Waals surface area (Å²) in [5.41, 5.74) is 8.78. The average Bonchev–Trinajstić information content (AvgIpc) is 3.01. The lowest BCUT2D eigenvalue weighted by Gasteiger charge is -2.13. The molecule has 1 aromatic heterocycles. The molecular weight excluding hydrogens is 302 g/mol. The fourth-order valence-electron chi connectivity index (χ4n) is 3.39. The number of aromatic nitrogens is 1. The highest BCUT2D eigenvalue weighted by Crippen LogP contribution is 2.38. The van der Waals surface area contributed by atoms with Gasteiger partial charge in [-0.25, -0.2) is 0 Å². The Hall–Kier alpha value is -3.06. The Morgan fingerprint density at radius 2 is 1.20 bits per heavy atom. The van der Waals surface area contributed by atoms with Crippen LogP contribution in [0.25, 0.3) is 28.1 Å². The minimum atomic E-state index is 1.18. The van der Waals surface area contributed by atoms with Gasteiger partial charge in [0.05, 0.1) is 5.69 Å². The van der Waals surface area contributed by atoms with E-state index in [9.17, 15) is 0 Å². The van der Waals surface area contributed by atoms with Crippen LogP contribution in [0.3, 0.4) is 0 Å². The molecule has 0 aliphatic rings. The van der Waals surface area contributed by atoms with Crippen LogP contribution in [0.4, 0.5) is 0 Å². The lowest BCUT2D eigenvalue weighted by molar-refractivity contribution is 1.08. The minimum absolute atomic E-state index is 1.18. The Kier molecular flexibility index (Phi) is 3.99. The molecule has 0 N–H and O–H groups in total. The first kappa shape index (κ1) is 15.5. The number of hydrogen-bond acceptors (Lipinski definition) is 0. The third-order valence-electron chi connectivity index (χ3n) is 4.62. The van der Waals surface area contributed by atoms with Crippen molar-refractivity contribution in [3.63, 3.8) is 0 Å². The van der Waals surface area contributed by atoms with Crippen molar-refractivity contribution in [1.29, 1.82) is 0 Å². The largest absolute Gasteiger partial charge is 0.316 e. The normalized spacial score (nSPS) is 10.8. The van der Waals surface area contributed by atoms with E-state index in [-0.39, 0.29) is 0 Å². The van der Waals surface area contributed by atoms with Crippen LogP contribution < -0.4 is 0 Å². The van der Waals surface area contributed by atoms with Crippen molar-refractivity contribution < 1.29 is 0 Å². The van der Waals surface area contributed by atoms with Gasteiger partial charge >= 0.3 is 0 Å². The molecule has 4 aromatic rings. The molecule has 0 unspecified atom stereocenters. The Labute approximate surface area is 149 Å². The minimum Gasteiger partial charge on any atom is -0.316 e. The van der Waals surface area contributed by atoms with Gasteiger partial charge in [0.25, 0.3) is 0 Å². The van der Waals surface area contributed by atoms with Gasteiger partial charge < -0.3 is 4.57 Å². The lowest BCUT2D eigenvalue weighted by Crippen LogP contribution is -1.96. The topological polar surface area (TPSA) is 4.93 Å². The second kappa shape index (κ2) is 6.45. The summed E-state index contributed by atoms with van der Waals surface area (Å²) in [4.78, 5) is 0. The van der Waals surface area contributed by atoms with Crippen LogP contribution in [0.2, 0.25) is 0 Å². The molecular formula is C24H21N. The van der Waals surface area contributed by atoms with Crippen molar-refractivity contribution in [3.8, 4) is 28.1 Å². The highest BCUT2D eigenvalue weighted by atomic mass is 15.0. The molecule has 1 heterocycles. The summed E-state index contributed by atoms with van der Waals surface area (Å²) in [7, 11) is 0. The molecule has 4 rings (SSSR count). The summed E-state index contributed by atoms with van der Waals surface area (Å²) in [6.45, 7) is 4.32. The summed E-state index contributed by atoms with van der Waals surface area (Å²) >= 11 is 0. The summed E-state index contributed by atoms with van der Waals surface area (Å²) in [6, 6.07) is 30.0. The van der Waals surface area contributed by atoms with Crippen molar-refractivity contribution in [2.24, 2.45) is 0 Å². The first-order chi connectivity index (χ1) is 12.2. The van der Waals surface area contributed by atoms with Crippen molar-refractivity contribution >= 4 is 0 Å². The molecule has 3 aromatic carbocycles. The van der Waals surface area contributed by atoms with E-state index in [1.165, 1.54) is 39.2 Å². The highest BCUT2D eigenvalue weighted by molar-refractivity contribution is 5.85. The van der Waals surface area contributed by atoms with Gasteiger partial charge in [0.2, 0.25) is 0 Å². The van der Waals surface area contributed by atoms with Crippen LogP contribution in [-0.4, -0.2) is 4.57 Å². The predicted molar refractivity (Wildman–Crippen MR) is 106 cm³/mol. The summed E-state index contributed by atoms with van der Waals surface area (Å²) in [5.74, 6) is 0. The molecule has 25 heavy (non-hydrogen) atoms. The molecule has 1 heteroatoms. The third-order valence-corrected chi connectivity index (χ3v) is 4.62. The first-order valence-electron chi connectivity index (χ1n) is 8.64. The summed E-state index contributed by atoms with van der Waals surface area (Å²) in [6.07, 6.45) is 2.24. The van der Waals surface area contributed by atoms with Crippen LogP contribution in [0.5, 0.6) is 0 Å². The maximum absolute atomic E-state index is 2.31. The molecule has 0 radical (unpaired) electrons. The molecule has 1 nitrogen and oxygen atoms in total. The fraction of sp³-hybridized carbons (Fsp3) is 0.0833. The van der Waals surface area contributed by atoms with Crippen LogP contribution in [0.1, 0.15) is 11.1 Å². The molecule has 0 bridgehead atoms. The molecule has 0 saturated carbocycles. The number of hydrogen-bond donors (Lipinski definition) is 0. The zero-order chi connectivity index (χ0) is 17.2. The van der Waals surface area contributed by atoms with Gasteiger partial charge in [-0.15, -0.1) is 0 Å². The van der Waals surface area contributed by atoms with E-state index in [0.717, 1.165) is 0 Å². The molecule has 0 amide bonds. The Bertz CT molecular complexity index is 978. The first-order valence-corrected chi connectivity index (χ1v) is 8.64. The molecule has 0 aliphatic heterocycles. The van der Waals surface area contributed by atoms with Crippen LogP contribution >= 0.6 is 0 Å². The number of rotatable bonds is 3.